The van der Waals surface area contributed by atoms with Crippen molar-refractivity contribution < 1.29 is 0 Å². The van der Waals surface area contributed by atoms with Crippen LogP contribution in [0.1, 0.15) is 26.2 Å². The van der Waals surface area contributed by atoms with Gasteiger partial charge < -0.3 is 0 Å². The summed E-state index contributed by atoms with van der Waals surface area (Å²) in [5.74, 6) is 0.379. The fraction of sp³-hybridized carbons (Fsp3) is 0.600. The van der Waals surface area contributed by atoms with E-state index in [0.717, 1.165) is 12.0 Å². The van der Waals surface area contributed by atoms with Crippen molar-refractivity contribution in [3.05, 3.63) is 12.2 Å². The Morgan fingerprint density at radius 3 is 2.33 bits per heavy atom. The van der Waals surface area contributed by atoms with E-state index in [1.54, 1.807) is 0 Å². The van der Waals surface area contributed by atoms with Crippen LogP contribution < -0.4 is 0 Å². The summed E-state index contributed by atoms with van der Waals surface area (Å²) in [6.45, 7) is 5.82. The zero-order valence-electron chi connectivity index (χ0n) is 7.30. The third-order valence-corrected chi connectivity index (χ3v) is 2.64. The molecule has 0 aromatic heterocycles. The van der Waals surface area contributed by atoms with E-state index in [4.69, 9.17) is 10.5 Å². The lowest BCUT2D eigenvalue weighted by atomic mass is 9.88. The Kier molecular flexibility index (Phi) is 2.20. The molecule has 0 saturated heterocycles. The fourth-order valence-electron chi connectivity index (χ4n) is 1.69. The number of nitrogens with zero attached hydrogens (tertiary/aromatic N) is 2. The zero-order valence-corrected chi connectivity index (χ0v) is 7.30. The van der Waals surface area contributed by atoms with E-state index in [9.17, 15) is 0 Å². The summed E-state index contributed by atoms with van der Waals surface area (Å²) in [6.07, 6.45) is 2.32. The molecule has 0 unspecified atom stereocenters. The highest BCUT2D eigenvalue weighted by atomic mass is 14.5. The van der Waals surface area contributed by atoms with Crippen LogP contribution in [0.4, 0.5) is 0 Å². The Morgan fingerprint density at radius 1 is 1.50 bits per heavy atom. The molecule has 0 aromatic rings. The molecular formula is C10H12N2. The molecule has 2 heteroatoms. The van der Waals surface area contributed by atoms with E-state index in [1.165, 1.54) is 0 Å². The first-order valence-corrected chi connectivity index (χ1v) is 4.11. The molecule has 0 heterocycles. The molecule has 2 nitrogen and oxygen atoms in total. The van der Waals surface area contributed by atoms with Crippen LogP contribution in [0.5, 0.6) is 0 Å². The van der Waals surface area contributed by atoms with E-state index < -0.39 is 5.41 Å². The average Bonchev–Trinajstić information content (AvgIpc) is 2.49. The summed E-state index contributed by atoms with van der Waals surface area (Å²) in [6, 6.07) is 4.22. The second-order valence-corrected chi connectivity index (χ2v) is 3.59. The lowest BCUT2D eigenvalue weighted by molar-refractivity contribution is 0.520. The van der Waals surface area contributed by atoms with Crippen molar-refractivity contribution in [2.75, 3.05) is 0 Å². The Labute approximate surface area is 73.1 Å². The van der Waals surface area contributed by atoms with Crippen LogP contribution in [0.25, 0.3) is 0 Å². The van der Waals surface area contributed by atoms with Crippen molar-refractivity contribution >= 4 is 0 Å². The minimum absolute atomic E-state index is 0.379. The van der Waals surface area contributed by atoms with Gasteiger partial charge in [-0.15, -0.1) is 0 Å². The highest BCUT2D eigenvalue weighted by Crippen LogP contribution is 2.43. The predicted octanol–water partition coefficient (Wildman–Crippen LogP) is 2.40. The van der Waals surface area contributed by atoms with Crippen molar-refractivity contribution in [1.29, 1.82) is 10.5 Å². The predicted molar refractivity (Wildman–Crippen MR) is 45.8 cm³/mol. The van der Waals surface area contributed by atoms with Crippen LogP contribution >= 0.6 is 0 Å². The number of nitriles is 2. The van der Waals surface area contributed by atoms with Crippen molar-refractivity contribution in [2.24, 2.45) is 11.3 Å². The Morgan fingerprint density at radius 2 is 2.08 bits per heavy atom. The largest absolute Gasteiger partial charge is 0.197 e. The van der Waals surface area contributed by atoms with Crippen LogP contribution in [0.3, 0.4) is 0 Å². The normalized spacial score (nSPS) is 25.8. The van der Waals surface area contributed by atoms with E-state index in [2.05, 4.69) is 18.7 Å². The fourth-order valence-corrected chi connectivity index (χ4v) is 1.69. The van der Waals surface area contributed by atoms with Gasteiger partial charge in [0.05, 0.1) is 12.1 Å². The van der Waals surface area contributed by atoms with Crippen molar-refractivity contribution in [3.63, 3.8) is 0 Å². The SMILES string of the molecule is C=C(C)[C@@H]1CCC(C#N)(C#N)C1. The van der Waals surface area contributed by atoms with E-state index >= 15 is 0 Å². The summed E-state index contributed by atoms with van der Waals surface area (Å²) in [5, 5.41) is 17.6. The Hall–Kier alpha value is -1.28. The molecule has 1 aliphatic carbocycles. The minimum Gasteiger partial charge on any atom is -0.197 e. The van der Waals surface area contributed by atoms with Crippen molar-refractivity contribution in [2.45, 2.75) is 26.2 Å². The Bertz CT molecular complexity index is 263. The smallest absolute Gasteiger partial charge is 0.144 e. The molecule has 0 amide bonds. The molecule has 1 aliphatic rings. The van der Waals surface area contributed by atoms with E-state index in [-0.39, 0.29) is 0 Å². The third-order valence-electron chi connectivity index (χ3n) is 2.64. The van der Waals surface area contributed by atoms with Gasteiger partial charge in [0.1, 0.15) is 5.41 Å². The molecule has 62 valence electrons. The Balaban J connectivity index is 2.75. The number of hydrogen-bond acceptors (Lipinski definition) is 2. The first kappa shape index (κ1) is 8.81. The van der Waals surface area contributed by atoms with E-state index in [0.29, 0.717) is 18.8 Å². The second-order valence-electron chi connectivity index (χ2n) is 3.59. The molecule has 1 atom stereocenters. The molecule has 1 fully saturated rings. The van der Waals surface area contributed by atoms with Crippen LogP contribution in [0.2, 0.25) is 0 Å². The maximum atomic E-state index is 8.81. The average molecular weight is 160 g/mol. The summed E-state index contributed by atoms with van der Waals surface area (Å²) in [5.41, 5.74) is 0.381. The lowest BCUT2D eigenvalue weighted by Crippen LogP contribution is -2.10. The summed E-state index contributed by atoms with van der Waals surface area (Å²) < 4.78 is 0. The quantitative estimate of drug-likeness (QED) is 0.553. The molecule has 0 radical (unpaired) electrons. The highest BCUT2D eigenvalue weighted by molar-refractivity contribution is 5.20. The molecule has 0 aromatic carbocycles. The summed E-state index contributed by atoms with van der Waals surface area (Å²) in [4.78, 5) is 0. The van der Waals surface area contributed by atoms with Crippen LogP contribution in [-0.4, -0.2) is 0 Å². The number of allylic oxidation sites excluding steroid dienone is 1. The first-order valence-electron chi connectivity index (χ1n) is 4.11. The first-order chi connectivity index (χ1) is 5.63. The van der Waals surface area contributed by atoms with Gasteiger partial charge in [-0.3, -0.25) is 0 Å². The van der Waals surface area contributed by atoms with Gasteiger partial charge in [0, 0.05) is 0 Å². The third kappa shape index (κ3) is 1.34. The van der Waals surface area contributed by atoms with Gasteiger partial charge >= 0.3 is 0 Å². The number of hydrogen-bond donors (Lipinski definition) is 0. The van der Waals surface area contributed by atoms with Crippen LogP contribution in [-0.2, 0) is 0 Å². The van der Waals surface area contributed by atoms with Crippen LogP contribution in [0.15, 0.2) is 12.2 Å². The highest BCUT2D eigenvalue weighted by Gasteiger charge is 2.39. The van der Waals surface area contributed by atoms with Gasteiger partial charge in [-0.25, -0.2) is 0 Å². The molecule has 1 rings (SSSR count). The molecular weight excluding hydrogens is 148 g/mol. The van der Waals surface area contributed by atoms with Gasteiger partial charge in [0.2, 0.25) is 0 Å². The topological polar surface area (TPSA) is 47.6 Å². The van der Waals surface area contributed by atoms with E-state index in [1.807, 2.05) is 6.92 Å². The molecule has 0 aliphatic heterocycles. The molecule has 0 N–H and O–H groups in total. The van der Waals surface area contributed by atoms with Crippen molar-refractivity contribution in [1.82, 2.24) is 0 Å². The van der Waals surface area contributed by atoms with Crippen molar-refractivity contribution in [3.8, 4) is 12.1 Å². The van der Waals surface area contributed by atoms with Gasteiger partial charge in [-0.05, 0) is 32.1 Å². The van der Waals surface area contributed by atoms with Crippen LogP contribution in [0, 0.1) is 34.0 Å². The second kappa shape index (κ2) is 2.99. The molecule has 1 saturated carbocycles. The molecule has 0 bridgehead atoms. The minimum atomic E-state index is -0.719. The zero-order chi connectivity index (χ0) is 9.19. The van der Waals surface area contributed by atoms with Gasteiger partial charge in [-0.1, -0.05) is 12.2 Å². The summed E-state index contributed by atoms with van der Waals surface area (Å²) >= 11 is 0. The standard InChI is InChI=1S/C10H12N2/c1-8(2)9-3-4-10(5-9,6-11)7-12/h9H,1,3-5H2,2H3/t9-/m1/s1. The maximum absolute atomic E-state index is 8.81. The lowest BCUT2D eigenvalue weighted by Gasteiger charge is -2.10. The van der Waals surface area contributed by atoms with Gasteiger partial charge in [0.15, 0.2) is 0 Å². The summed E-state index contributed by atoms with van der Waals surface area (Å²) in [7, 11) is 0. The maximum Gasteiger partial charge on any atom is 0.144 e. The molecule has 0 spiro atoms. The van der Waals surface area contributed by atoms with Gasteiger partial charge in [-0.2, -0.15) is 10.5 Å². The monoisotopic (exact) mass is 160 g/mol. The van der Waals surface area contributed by atoms with Gasteiger partial charge in [0.25, 0.3) is 0 Å². The number of rotatable bonds is 1. The molecule has 12 heavy (non-hydrogen) atoms.